The molecule has 2 rings (SSSR count). The summed E-state index contributed by atoms with van der Waals surface area (Å²) in [7, 11) is 0. The maximum absolute atomic E-state index is 11.4. The molecule has 0 bridgehead atoms. The molecule has 0 aliphatic carbocycles. The molecule has 2 fully saturated rings. The second-order valence-corrected chi connectivity index (χ2v) is 4.18. The number of ether oxygens (including phenoxy) is 2. The molecule has 2 heterocycles. The maximum atomic E-state index is 11.4. The van der Waals surface area contributed by atoms with Gasteiger partial charge < -0.3 is 14.6 Å². The first-order valence-electron chi connectivity index (χ1n) is 5.37. The normalized spacial score (nSPS) is 38.0. The third-order valence-electron chi connectivity index (χ3n) is 2.91. The number of esters is 1. The van der Waals surface area contributed by atoms with Gasteiger partial charge in [0.1, 0.15) is 6.04 Å². The van der Waals surface area contributed by atoms with Crippen molar-refractivity contribution in [2.45, 2.75) is 31.6 Å². The van der Waals surface area contributed by atoms with Crippen LogP contribution in [0.15, 0.2) is 0 Å². The van der Waals surface area contributed by atoms with Gasteiger partial charge in [0.25, 0.3) is 0 Å². The van der Waals surface area contributed by atoms with Crippen LogP contribution in [0.5, 0.6) is 0 Å². The predicted octanol–water partition coefficient (Wildman–Crippen LogP) is -0.617. The van der Waals surface area contributed by atoms with Gasteiger partial charge in [-0.15, -0.1) is 0 Å². The van der Waals surface area contributed by atoms with Crippen molar-refractivity contribution in [3.63, 3.8) is 0 Å². The summed E-state index contributed by atoms with van der Waals surface area (Å²) in [5.74, 6) is -0.138. The zero-order valence-corrected chi connectivity index (χ0v) is 8.89. The zero-order chi connectivity index (χ0) is 10.8. The van der Waals surface area contributed by atoms with Crippen LogP contribution in [0.25, 0.3) is 0 Å². The average molecular weight is 215 g/mol. The van der Waals surface area contributed by atoms with Crippen LogP contribution in [0.2, 0.25) is 0 Å². The van der Waals surface area contributed by atoms with E-state index < -0.39 is 0 Å². The molecule has 3 unspecified atom stereocenters. The average Bonchev–Trinajstić information content (AvgIpc) is 2.63. The number of hydrogen-bond donors (Lipinski definition) is 1. The van der Waals surface area contributed by atoms with Gasteiger partial charge in [-0.25, -0.2) is 0 Å². The molecular formula is C10H17NO4. The van der Waals surface area contributed by atoms with Crippen LogP contribution in [-0.4, -0.2) is 60.5 Å². The van der Waals surface area contributed by atoms with Gasteiger partial charge in [-0.1, -0.05) is 0 Å². The Morgan fingerprint density at radius 2 is 2.33 bits per heavy atom. The van der Waals surface area contributed by atoms with Crippen LogP contribution in [-0.2, 0) is 14.3 Å². The van der Waals surface area contributed by atoms with Gasteiger partial charge in [0.05, 0.1) is 25.4 Å². The number of carbonyl (C=O) groups excluding carboxylic acids is 1. The summed E-state index contributed by atoms with van der Waals surface area (Å²) in [6.07, 6.45) is 0.635. The van der Waals surface area contributed by atoms with Crippen molar-refractivity contribution in [1.82, 2.24) is 4.90 Å². The summed E-state index contributed by atoms with van der Waals surface area (Å²) in [6, 6.07) is -0.134. The lowest BCUT2D eigenvalue weighted by molar-refractivity contribution is -0.148. The van der Waals surface area contributed by atoms with Crippen molar-refractivity contribution in [2.24, 2.45) is 0 Å². The first-order valence-corrected chi connectivity index (χ1v) is 5.37. The number of cyclic esters (lactones) is 1. The van der Waals surface area contributed by atoms with Gasteiger partial charge in [-0.2, -0.15) is 0 Å². The lowest BCUT2D eigenvalue weighted by atomic mass is 10.1. The highest BCUT2D eigenvalue weighted by Crippen LogP contribution is 2.19. The first-order chi connectivity index (χ1) is 7.20. The van der Waals surface area contributed by atoms with Gasteiger partial charge in [0.2, 0.25) is 0 Å². The van der Waals surface area contributed by atoms with Crippen molar-refractivity contribution in [3.8, 4) is 0 Å². The summed E-state index contributed by atoms with van der Waals surface area (Å²) in [6.45, 7) is 3.81. The van der Waals surface area contributed by atoms with Crippen LogP contribution in [0.3, 0.4) is 0 Å². The Morgan fingerprint density at radius 3 is 2.93 bits per heavy atom. The van der Waals surface area contributed by atoms with Crippen molar-refractivity contribution >= 4 is 5.97 Å². The fraction of sp³-hybridized carbons (Fsp3) is 0.900. The molecule has 0 aromatic carbocycles. The van der Waals surface area contributed by atoms with Gasteiger partial charge in [0, 0.05) is 19.5 Å². The summed E-state index contributed by atoms with van der Waals surface area (Å²) in [5.41, 5.74) is 0. The van der Waals surface area contributed by atoms with E-state index in [1.54, 1.807) is 0 Å². The topological polar surface area (TPSA) is 59.0 Å². The molecule has 2 aliphatic rings. The van der Waals surface area contributed by atoms with Crippen LogP contribution >= 0.6 is 0 Å². The number of morpholine rings is 1. The van der Waals surface area contributed by atoms with E-state index in [1.165, 1.54) is 0 Å². The molecule has 0 spiro atoms. The molecule has 1 N–H and O–H groups in total. The van der Waals surface area contributed by atoms with E-state index in [0.717, 1.165) is 13.0 Å². The number of aliphatic hydroxyl groups is 1. The molecule has 5 nitrogen and oxygen atoms in total. The van der Waals surface area contributed by atoms with Crippen molar-refractivity contribution in [2.75, 3.05) is 26.3 Å². The Kier molecular flexibility index (Phi) is 3.23. The Hall–Kier alpha value is -0.650. The third kappa shape index (κ3) is 2.30. The van der Waals surface area contributed by atoms with Crippen LogP contribution in [0.4, 0.5) is 0 Å². The highest BCUT2D eigenvalue weighted by molar-refractivity contribution is 5.77. The lowest BCUT2D eigenvalue weighted by Gasteiger charge is -2.37. The summed E-state index contributed by atoms with van der Waals surface area (Å²) in [5, 5.41) is 9.07. The van der Waals surface area contributed by atoms with Crippen molar-refractivity contribution in [3.05, 3.63) is 0 Å². The molecule has 15 heavy (non-hydrogen) atoms. The Bertz CT molecular complexity index is 246. The van der Waals surface area contributed by atoms with Gasteiger partial charge in [-0.05, 0) is 6.92 Å². The molecular weight excluding hydrogens is 198 g/mol. The second-order valence-electron chi connectivity index (χ2n) is 4.18. The van der Waals surface area contributed by atoms with Crippen LogP contribution in [0, 0.1) is 0 Å². The summed E-state index contributed by atoms with van der Waals surface area (Å²) >= 11 is 0. The SMILES string of the molecule is CC1CN(C2CCOC2=O)CC(CO)O1. The zero-order valence-electron chi connectivity index (χ0n) is 8.89. The maximum Gasteiger partial charge on any atom is 0.323 e. The molecule has 2 saturated heterocycles. The quantitative estimate of drug-likeness (QED) is 0.622. The lowest BCUT2D eigenvalue weighted by Crippen LogP contribution is -2.53. The minimum atomic E-state index is -0.179. The smallest absolute Gasteiger partial charge is 0.323 e. The number of aliphatic hydroxyl groups excluding tert-OH is 1. The Labute approximate surface area is 89.0 Å². The summed E-state index contributed by atoms with van der Waals surface area (Å²) in [4.78, 5) is 13.5. The molecule has 0 saturated carbocycles. The van der Waals surface area contributed by atoms with Gasteiger partial charge in [-0.3, -0.25) is 9.69 Å². The third-order valence-corrected chi connectivity index (χ3v) is 2.91. The van der Waals surface area contributed by atoms with Crippen LogP contribution < -0.4 is 0 Å². The van der Waals surface area contributed by atoms with Gasteiger partial charge >= 0.3 is 5.97 Å². The number of carbonyl (C=O) groups is 1. The van der Waals surface area contributed by atoms with E-state index in [-0.39, 0.29) is 30.8 Å². The largest absolute Gasteiger partial charge is 0.464 e. The molecule has 3 atom stereocenters. The fourth-order valence-electron chi connectivity index (χ4n) is 2.25. The Morgan fingerprint density at radius 1 is 1.53 bits per heavy atom. The molecule has 0 aromatic heterocycles. The highest BCUT2D eigenvalue weighted by atomic mass is 16.5. The molecule has 0 aromatic rings. The predicted molar refractivity (Wildman–Crippen MR) is 52.4 cm³/mol. The van der Waals surface area contributed by atoms with E-state index in [4.69, 9.17) is 14.6 Å². The van der Waals surface area contributed by atoms with E-state index in [9.17, 15) is 4.79 Å². The molecule has 5 heteroatoms. The first kappa shape index (κ1) is 10.9. The molecule has 86 valence electrons. The molecule has 2 aliphatic heterocycles. The second kappa shape index (κ2) is 4.47. The summed E-state index contributed by atoms with van der Waals surface area (Å²) < 4.78 is 10.5. The van der Waals surface area contributed by atoms with E-state index in [2.05, 4.69) is 4.90 Å². The van der Waals surface area contributed by atoms with Gasteiger partial charge in [0.15, 0.2) is 0 Å². The van der Waals surface area contributed by atoms with Crippen molar-refractivity contribution in [1.29, 1.82) is 0 Å². The minimum absolute atomic E-state index is 0.00259. The van der Waals surface area contributed by atoms with Crippen LogP contribution in [0.1, 0.15) is 13.3 Å². The minimum Gasteiger partial charge on any atom is -0.464 e. The van der Waals surface area contributed by atoms with Crippen molar-refractivity contribution < 1.29 is 19.4 Å². The number of hydrogen-bond acceptors (Lipinski definition) is 5. The molecule has 0 radical (unpaired) electrons. The highest BCUT2D eigenvalue weighted by Gasteiger charge is 2.36. The molecule has 0 amide bonds. The number of rotatable bonds is 2. The number of nitrogens with zero attached hydrogens (tertiary/aromatic N) is 1. The standard InChI is InChI=1S/C10H17NO4/c1-7-4-11(5-8(6-12)15-7)9-2-3-14-10(9)13/h7-9,12H,2-6H2,1H3. The van der Waals surface area contributed by atoms with E-state index in [1.807, 2.05) is 6.92 Å². The monoisotopic (exact) mass is 215 g/mol. The van der Waals surface area contributed by atoms with E-state index >= 15 is 0 Å². The fourth-order valence-corrected chi connectivity index (χ4v) is 2.25. The van der Waals surface area contributed by atoms with E-state index in [0.29, 0.717) is 13.2 Å². The Balaban J connectivity index is 1.98.